The first-order valence-corrected chi connectivity index (χ1v) is 17.3. The number of aliphatic hydroxyl groups is 2. The molecule has 3 aromatic rings. The Bertz CT molecular complexity index is 1660. The molecule has 266 valence electrons. The highest BCUT2D eigenvalue weighted by molar-refractivity contribution is 9.10. The molecule has 2 aromatic carbocycles. The predicted molar refractivity (Wildman–Crippen MR) is 187 cm³/mol. The Morgan fingerprint density at radius 2 is 1.63 bits per heavy atom. The van der Waals surface area contributed by atoms with Crippen molar-refractivity contribution in [2.45, 2.75) is 96.2 Å². The van der Waals surface area contributed by atoms with Crippen LogP contribution in [-0.4, -0.2) is 85.8 Å². The molecule has 0 bridgehead atoms. The van der Waals surface area contributed by atoms with Crippen LogP contribution in [0.1, 0.15) is 71.0 Å². The Morgan fingerprint density at radius 1 is 0.980 bits per heavy atom. The quantitative estimate of drug-likeness (QED) is 0.219. The highest BCUT2D eigenvalue weighted by Crippen LogP contribution is 2.31. The summed E-state index contributed by atoms with van der Waals surface area (Å²) in [5.41, 5.74) is 0.449. The maximum Gasteiger partial charge on any atom is 0.308 e. The Labute approximate surface area is 294 Å². The number of benzene rings is 2. The molecule has 0 saturated carbocycles. The van der Waals surface area contributed by atoms with Crippen LogP contribution in [0.3, 0.4) is 0 Å². The van der Waals surface area contributed by atoms with E-state index in [4.69, 9.17) is 4.74 Å². The van der Waals surface area contributed by atoms with Crippen molar-refractivity contribution >= 4 is 50.5 Å². The minimum atomic E-state index is -1.66. The molecule has 3 amide bonds. The molecule has 0 spiro atoms. The molecule has 1 saturated heterocycles. The molecule has 0 aliphatic carbocycles. The number of H-pyrrole nitrogens is 1. The molecule has 12 nitrogen and oxygen atoms in total. The van der Waals surface area contributed by atoms with Gasteiger partial charge < -0.3 is 40.6 Å². The normalized spacial score (nSPS) is 30.1. The van der Waals surface area contributed by atoms with Gasteiger partial charge in [0.25, 0.3) is 0 Å². The van der Waals surface area contributed by atoms with E-state index in [0.29, 0.717) is 10.2 Å². The van der Waals surface area contributed by atoms with Crippen LogP contribution in [0.15, 0.2) is 53.1 Å². The molecule has 2 heterocycles. The van der Waals surface area contributed by atoms with Crippen molar-refractivity contribution in [1.29, 1.82) is 0 Å². The molecule has 1 aliphatic rings. The van der Waals surface area contributed by atoms with Crippen LogP contribution < -0.4 is 10.6 Å². The third-order valence-corrected chi connectivity index (χ3v) is 10.0. The molecule has 8 unspecified atom stereocenters. The number of phenols is 1. The smallest absolute Gasteiger partial charge is 0.308 e. The number of rotatable bonds is 3. The first-order chi connectivity index (χ1) is 23.0. The van der Waals surface area contributed by atoms with E-state index in [0.717, 1.165) is 16.5 Å². The van der Waals surface area contributed by atoms with Crippen molar-refractivity contribution in [3.05, 3.63) is 64.3 Å². The summed E-state index contributed by atoms with van der Waals surface area (Å²) in [6.07, 6.45) is -1.95. The van der Waals surface area contributed by atoms with Gasteiger partial charge in [-0.15, -0.1) is 0 Å². The summed E-state index contributed by atoms with van der Waals surface area (Å²) in [5.74, 6) is -3.49. The SMILES string of the molecule is CC1CC(C)C(O)C(C)(O)CC(C)C(=O)NC(C)C(=O)N(C)C(Cc2c(Br)[nH]c3ccccc23)C(=O)NC(c2ccc(O)cc2)CC(=O)O1. The van der Waals surface area contributed by atoms with Gasteiger partial charge in [0.2, 0.25) is 17.7 Å². The van der Waals surface area contributed by atoms with Crippen LogP contribution in [0.5, 0.6) is 5.75 Å². The summed E-state index contributed by atoms with van der Waals surface area (Å²) < 4.78 is 6.35. The number of cyclic esters (lactones) is 1. The zero-order valence-corrected chi connectivity index (χ0v) is 30.3. The predicted octanol–water partition coefficient (Wildman–Crippen LogP) is 3.87. The second-order valence-electron chi connectivity index (χ2n) is 13.6. The van der Waals surface area contributed by atoms with Gasteiger partial charge >= 0.3 is 5.97 Å². The van der Waals surface area contributed by atoms with Gasteiger partial charge in [0.15, 0.2) is 0 Å². The molecule has 0 radical (unpaired) electrons. The number of ether oxygens (including phenoxy) is 1. The highest BCUT2D eigenvalue weighted by Gasteiger charge is 2.39. The fraction of sp³-hybridized carbons (Fsp3) is 0.500. The summed E-state index contributed by atoms with van der Waals surface area (Å²) in [6, 6.07) is 10.6. The fourth-order valence-electron chi connectivity index (χ4n) is 6.65. The zero-order chi connectivity index (χ0) is 36.2. The average Bonchev–Trinajstić information content (AvgIpc) is 3.35. The Kier molecular flexibility index (Phi) is 12.2. The minimum Gasteiger partial charge on any atom is -0.508 e. The Morgan fingerprint density at radius 3 is 2.31 bits per heavy atom. The van der Waals surface area contributed by atoms with E-state index in [1.807, 2.05) is 24.3 Å². The van der Waals surface area contributed by atoms with Crippen LogP contribution in [-0.2, 0) is 30.3 Å². The molecule has 1 fully saturated rings. The number of amides is 3. The van der Waals surface area contributed by atoms with Crippen LogP contribution in [0.2, 0.25) is 0 Å². The molecule has 49 heavy (non-hydrogen) atoms. The third kappa shape index (κ3) is 9.20. The van der Waals surface area contributed by atoms with Crippen molar-refractivity contribution in [2.75, 3.05) is 7.05 Å². The summed E-state index contributed by atoms with van der Waals surface area (Å²) in [4.78, 5) is 59.3. The molecular formula is C36H47BrN4O8. The van der Waals surface area contributed by atoms with Crippen molar-refractivity contribution in [1.82, 2.24) is 20.5 Å². The largest absolute Gasteiger partial charge is 0.508 e. The second kappa shape index (κ2) is 15.7. The van der Waals surface area contributed by atoms with Gasteiger partial charge in [0.1, 0.15) is 17.8 Å². The van der Waals surface area contributed by atoms with E-state index in [2.05, 4.69) is 31.5 Å². The molecule has 1 aliphatic heterocycles. The number of hydrogen-bond donors (Lipinski definition) is 6. The van der Waals surface area contributed by atoms with E-state index in [9.17, 15) is 34.5 Å². The van der Waals surface area contributed by atoms with Crippen LogP contribution >= 0.6 is 15.9 Å². The number of halogens is 1. The van der Waals surface area contributed by atoms with E-state index in [1.54, 1.807) is 32.9 Å². The highest BCUT2D eigenvalue weighted by atomic mass is 79.9. The number of carbonyl (C=O) groups is 4. The van der Waals surface area contributed by atoms with E-state index in [1.165, 1.54) is 37.9 Å². The van der Waals surface area contributed by atoms with Gasteiger partial charge in [-0.05, 0) is 84.8 Å². The van der Waals surface area contributed by atoms with E-state index < -0.39 is 71.5 Å². The number of fused-ring (bicyclic) bond motifs is 1. The number of esters is 1. The summed E-state index contributed by atoms with van der Waals surface area (Å²) in [6.45, 7) is 7.97. The van der Waals surface area contributed by atoms with Gasteiger partial charge in [-0.2, -0.15) is 0 Å². The van der Waals surface area contributed by atoms with Crippen molar-refractivity contribution in [3.63, 3.8) is 0 Å². The monoisotopic (exact) mass is 742 g/mol. The molecular weight excluding hydrogens is 696 g/mol. The van der Waals surface area contributed by atoms with E-state index >= 15 is 0 Å². The lowest BCUT2D eigenvalue weighted by atomic mass is 9.80. The Balaban J connectivity index is 1.75. The lowest BCUT2D eigenvalue weighted by Crippen LogP contribution is -2.55. The molecule has 13 heteroatoms. The van der Waals surface area contributed by atoms with E-state index in [-0.39, 0.29) is 31.4 Å². The summed E-state index contributed by atoms with van der Waals surface area (Å²) in [7, 11) is 1.48. The third-order valence-electron chi connectivity index (χ3n) is 9.37. The average molecular weight is 744 g/mol. The van der Waals surface area contributed by atoms with Crippen molar-refractivity contribution < 1.29 is 39.2 Å². The van der Waals surface area contributed by atoms with Crippen LogP contribution in [0.25, 0.3) is 10.9 Å². The first kappa shape index (κ1) is 37.9. The van der Waals surface area contributed by atoms with Crippen molar-refractivity contribution in [2.24, 2.45) is 11.8 Å². The van der Waals surface area contributed by atoms with Gasteiger partial charge in [0, 0.05) is 30.3 Å². The number of nitrogens with one attached hydrogen (secondary N) is 3. The number of aromatic nitrogens is 1. The van der Waals surface area contributed by atoms with Crippen molar-refractivity contribution in [3.8, 4) is 5.75 Å². The number of aliphatic hydroxyl groups excluding tert-OH is 1. The fourth-order valence-corrected chi connectivity index (χ4v) is 7.24. The topological polar surface area (TPSA) is 181 Å². The second-order valence-corrected chi connectivity index (χ2v) is 14.4. The number of para-hydroxylation sites is 1. The molecule has 1 aromatic heterocycles. The minimum absolute atomic E-state index is 0.00329. The number of nitrogens with zero attached hydrogens (tertiary/aromatic N) is 1. The van der Waals surface area contributed by atoms with Gasteiger partial charge in [0.05, 0.1) is 34.9 Å². The number of hydrogen-bond acceptors (Lipinski definition) is 8. The zero-order valence-electron chi connectivity index (χ0n) is 28.7. The number of likely N-dealkylation sites (N-methyl/N-ethyl adjacent to an activating group) is 1. The Hall–Kier alpha value is -3.94. The first-order valence-electron chi connectivity index (χ1n) is 16.5. The summed E-state index contributed by atoms with van der Waals surface area (Å²) >= 11 is 3.57. The van der Waals surface area contributed by atoms with Gasteiger partial charge in [-0.25, -0.2) is 0 Å². The maximum absolute atomic E-state index is 14.3. The lowest BCUT2D eigenvalue weighted by molar-refractivity contribution is -0.152. The maximum atomic E-state index is 14.3. The van der Waals surface area contributed by atoms with Gasteiger partial charge in [-0.3, -0.25) is 19.2 Å². The lowest BCUT2D eigenvalue weighted by Gasteiger charge is -2.35. The number of aromatic hydroxyl groups is 1. The standard InChI is InChI=1S/C36H47BrN4O8/c1-19-15-21(3)49-30(43)17-28(23-11-13-24(42)14-12-23)40-34(46)29(16-26-25-9-7-8-10-27(25)39-32(26)37)41(6)35(47)22(4)38-33(45)20(2)18-36(5,48)31(19)44/h7-14,19-22,28-29,31,39,42,44,48H,15-18H2,1-6H3,(H,38,45)(H,40,46). The van der Waals surface area contributed by atoms with Crippen LogP contribution in [0, 0.1) is 11.8 Å². The molecule has 4 rings (SSSR count). The number of phenolic OH excluding ortho intramolecular Hbond substituents is 1. The summed E-state index contributed by atoms with van der Waals surface area (Å²) in [5, 5.41) is 38.7. The molecule has 8 atom stereocenters. The van der Waals surface area contributed by atoms with Crippen LogP contribution in [0.4, 0.5) is 0 Å². The number of carbonyl (C=O) groups excluding carboxylic acids is 4. The van der Waals surface area contributed by atoms with Gasteiger partial charge in [-0.1, -0.05) is 44.2 Å². The molecule has 6 N–H and O–H groups in total. The number of aromatic amines is 1.